The summed E-state index contributed by atoms with van der Waals surface area (Å²) in [6.07, 6.45) is 0. The molecule has 1 aromatic heterocycles. The van der Waals surface area contributed by atoms with Crippen LogP contribution in [0.2, 0.25) is 0 Å². The average molecular weight is 384 g/mol. The third-order valence-electron chi connectivity index (χ3n) is 5.30. The zero-order valence-corrected chi connectivity index (χ0v) is 16.4. The minimum Gasteiger partial charge on any atom is -0.379 e. The standard InChI is InChI=1S/C21H28N4O3/c1-16(15-24-6-10-27-11-7-24)22-21(26)18-14-20(25-8-12-28-13-9-25)23-19-5-3-2-4-17(18)19/h2-5,14,16H,6-13,15H2,1H3,(H,22,26)/t16-/m0/s1. The number of benzene rings is 1. The normalized spacial score (nSPS) is 19.5. The lowest BCUT2D eigenvalue weighted by Gasteiger charge is -2.30. The second kappa shape index (κ2) is 8.86. The van der Waals surface area contributed by atoms with Crippen LogP contribution in [0.25, 0.3) is 10.9 Å². The van der Waals surface area contributed by atoms with Crippen LogP contribution in [0.15, 0.2) is 30.3 Å². The molecule has 0 spiro atoms. The molecule has 0 radical (unpaired) electrons. The number of carbonyl (C=O) groups excluding carboxylic acids is 1. The van der Waals surface area contributed by atoms with Crippen molar-refractivity contribution < 1.29 is 14.3 Å². The predicted octanol–water partition coefficient (Wildman–Crippen LogP) is 1.52. The van der Waals surface area contributed by atoms with Crippen molar-refractivity contribution in [2.75, 3.05) is 64.1 Å². The van der Waals surface area contributed by atoms with E-state index in [1.807, 2.05) is 30.3 Å². The summed E-state index contributed by atoms with van der Waals surface area (Å²) < 4.78 is 10.9. The molecule has 3 heterocycles. The molecule has 2 aliphatic heterocycles. The van der Waals surface area contributed by atoms with Gasteiger partial charge < -0.3 is 19.7 Å². The maximum Gasteiger partial charge on any atom is 0.252 e. The first-order valence-electron chi connectivity index (χ1n) is 10.0. The Bertz CT molecular complexity index is 816. The third-order valence-corrected chi connectivity index (χ3v) is 5.30. The molecule has 4 rings (SSSR count). The molecule has 1 amide bonds. The summed E-state index contributed by atoms with van der Waals surface area (Å²) in [4.78, 5) is 22.4. The Kier molecular flexibility index (Phi) is 6.04. The number of amides is 1. The highest BCUT2D eigenvalue weighted by Crippen LogP contribution is 2.24. The van der Waals surface area contributed by atoms with Gasteiger partial charge in [-0.3, -0.25) is 9.69 Å². The number of aromatic nitrogens is 1. The van der Waals surface area contributed by atoms with Crippen LogP contribution in [-0.2, 0) is 9.47 Å². The number of hydrogen-bond acceptors (Lipinski definition) is 6. The van der Waals surface area contributed by atoms with Gasteiger partial charge in [-0.2, -0.15) is 0 Å². The molecule has 2 aliphatic rings. The fraction of sp³-hybridized carbons (Fsp3) is 0.524. The van der Waals surface area contributed by atoms with Gasteiger partial charge in [0.25, 0.3) is 5.91 Å². The first-order valence-corrected chi connectivity index (χ1v) is 10.0. The summed E-state index contributed by atoms with van der Waals surface area (Å²) in [7, 11) is 0. The average Bonchev–Trinajstić information content (AvgIpc) is 2.74. The summed E-state index contributed by atoms with van der Waals surface area (Å²) in [6.45, 7) is 9.20. The molecule has 1 N–H and O–H groups in total. The Balaban J connectivity index is 1.54. The van der Waals surface area contributed by atoms with Crippen LogP contribution in [0.3, 0.4) is 0 Å². The van der Waals surface area contributed by atoms with Crippen molar-refractivity contribution in [3.63, 3.8) is 0 Å². The molecule has 1 aromatic carbocycles. The molecule has 0 saturated carbocycles. The molecule has 2 fully saturated rings. The topological polar surface area (TPSA) is 66.9 Å². The van der Waals surface area contributed by atoms with Gasteiger partial charge in [0.1, 0.15) is 5.82 Å². The summed E-state index contributed by atoms with van der Waals surface area (Å²) >= 11 is 0. The van der Waals surface area contributed by atoms with E-state index in [0.717, 1.165) is 62.7 Å². The van der Waals surface area contributed by atoms with Crippen molar-refractivity contribution >= 4 is 22.6 Å². The fourth-order valence-corrected chi connectivity index (χ4v) is 3.82. The maximum atomic E-state index is 13.1. The van der Waals surface area contributed by atoms with Crippen molar-refractivity contribution in [1.82, 2.24) is 15.2 Å². The van der Waals surface area contributed by atoms with E-state index in [1.165, 1.54) is 0 Å². The van der Waals surface area contributed by atoms with E-state index in [1.54, 1.807) is 0 Å². The third kappa shape index (κ3) is 4.43. The molecule has 1 atom stereocenters. The van der Waals surface area contributed by atoms with Gasteiger partial charge in [-0.05, 0) is 19.1 Å². The number of ether oxygens (including phenoxy) is 2. The number of hydrogen-bond donors (Lipinski definition) is 1. The van der Waals surface area contributed by atoms with Gasteiger partial charge >= 0.3 is 0 Å². The van der Waals surface area contributed by atoms with Gasteiger partial charge in [0, 0.05) is 44.2 Å². The van der Waals surface area contributed by atoms with Crippen molar-refractivity contribution in [2.24, 2.45) is 0 Å². The van der Waals surface area contributed by atoms with Crippen LogP contribution in [0.1, 0.15) is 17.3 Å². The number of morpholine rings is 2. The Labute approximate surface area is 165 Å². The molecule has 28 heavy (non-hydrogen) atoms. The summed E-state index contributed by atoms with van der Waals surface area (Å²) in [6, 6.07) is 9.82. The largest absolute Gasteiger partial charge is 0.379 e. The Morgan fingerprint density at radius 3 is 2.54 bits per heavy atom. The number of carbonyl (C=O) groups is 1. The van der Waals surface area contributed by atoms with Gasteiger partial charge in [0.05, 0.1) is 37.5 Å². The zero-order chi connectivity index (χ0) is 19.3. The van der Waals surface area contributed by atoms with Crippen molar-refractivity contribution in [3.8, 4) is 0 Å². The number of pyridine rings is 1. The summed E-state index contributed by atoms with van der Waals surface area (Å²) in [5.74, 6) is 0.793. The molecule has 2 aromatic rings. The lowest BCUT2D eigenvalue weighted by atomic mass is 10.1. The fourth-order valence-electron chi connectivity index (χ4n) is 3.82. The minimum absolute atomic E-state index is 0.0473. The Morgan fingerprint density at radius 2 is 1.79 bits per heavy atom. The number of rotatable bonds is 5. The zero-order valence-electron chi connectivity index (χ0n) is 16.4. The first kappa shape index (κ1) is 19.1. The van der Waals surface area contributed by atoms with Crippen LogP contribution in [0.4, 0.5) is 5.82 Å². The quantitative estimate of drug-likeness (QED) is 0.843. The minimum atomic E-state index is -0.0473. The highest BCUT2D eigenvalue weighted by Gasteiger charge is 2.20. The number of nitrogens with one attached hydrogen (secondary N) is 1. The van der Waals surface area contributed by atoms with E-state index in [0.29, 0.717) is 18.8 Å². The number of para-hydroxylation sites is 1. The van der Waals surface area contributed by atoms with Crippen LogP contribution >= 0.6 is 0 Å². The van der Waals surface area contributed by atoms with Gasteiger partial charge in [-0.1, -0.05) is 18.2 Å². The number of fused-ring (bicyclic) bond motifs is 1. The predicted molar refractivity (Wildman–Crippen MR) is 109 cm³/mol. The van der Waals surface area contributed by atoms with E-state index >= 15 is 0 Å². The van der Waals surface area contributed by atoms with Crippen molar-refractivity contribution in [2.45, 2.75) is 13.0 Å². The Hall–Kier alpha value is -2.22. The first-order chi connectivity index (χ1) is 13.7. The van der Waals surface area contributed by atoms with E-state index in [9.17, 15) is 4.79 Å². The monoisotopic (exact) mass is 384 g/mol. The van der Waals surface area contributed by atoms with Crippen LogP contribution in [0, 0.1) is 0 Å². The lowest BCUT2D eigenvalue weighted by Crippen LogP contribution is -2.46. The molecule has 2 saturated heterocycles. The molecular formula is C21H28N4O3. The van der Waals surface area contributed by atoms with E-state index in [4.69, 9.17) is 14.5 Å². The molecule has 0 aliphatic carbocycles. The molecule has 150 valence electrons. The molecule has 0 bridgehead atoms. The van der Waals surface area contributed by atoms with Gasteiger partial charge in [-0.25, -0.2) is 4.98 Å². The molecule has 0 unspecified atom stereocenters. The maximum absolute atomic E-state index is 13.1. The molecule has 7 nitrogen and oxygen atoms in total. The van der Waals surface area contributed by atoms with Gasteiger partial charge in [-0.15, -0.1) is 0 Å². The smallest absolute Gasteiger partial charge is 0.252 e. The van der Waals surface area contributed by atoms with E-state index < -0.39 is 0 Å². The molecular weight excluding hydrogens is 356 g/mol. The van der Waals surface area contributed by atoms with Crippen LogP contribution in [0.5, 0.6) is 0 Å². The lowest BCUT2D eigenvalue weighted by molar-refractivity contribution is 0.0342. The van der Waals surface area contributed by atoms with Crippen LogP contribution < -0.4 is 10.2 Å². The highest BCUT2D eigenvalue weighted by molar-refractivity contribution is 6.07. The second-order valence-corrected chi connectivity index (χ2v) is 7.43. The van der Waals surface area contributed by atoms with Crippen molar-refractivity contribution in [1.29, 1.82) is 0 Å². The van der Waals surface area contributed by atoms with Crippen molar-refractivity contribution in [3.05, 3.63) is 35.9 Å². The van der Waals surface area contributed by atoms with Crippen LogP contribution in [-0.4, -0.2) is 81.0 Å². The number of nitrogens with zero attached hydrogens (tertiary/aromatic N) is 3. The second-order valence-electron chi connectivity index (χ2n) is 7.43. The van der Waals surface area contributed by atoms with Gasteiger partial charge in [0.2, 0.25) is 0 Å². The van der Waals surface area contributed by atoms with E-state index in [2.05, 4.69) is 22.0 Å². The van der Waals surface area contributed by atoms with Gasteiger partial charge in [0.15, 0.2) is 0 Å². The summed E-state index contributed by atoms with van der Waals surface area (Å²) in [5.41, 5.74) is 1.53. The van der Waals surface area contributed by atoms with E-state index in [-0.39, 0.29) is 11.9 Å². The summed E-state index contributed by atoms with van der Waals surface area (Å²) in [5, 5.41) is 4.06. The molecule has 7 heteroatoms. The number of anilines is 1. The SMILES string of the molecule is C[C@@H](CN1CCOCC1)NC(=O)c1cc(N2CCOCC2)nc2ccccc12. The highest BCUT2D eigenvalue weighted by atomic mass is 16.5. The Morgan fingerprint density at radius 1 is 1.11 bits per heavy atom.